The van der Waals surface area contributed by atoms with Crippen molar-refractivity contribution in [3.63, 3.8) is 0 Å². The van der Waals surface area contributed by atoms with E-state index in [1.807, 2.05) is 0 Å². The molecule has 0 bridgehead atoms. The Kier molecular flexibility index (Phi) is 3.45. The van der Waals surface area contributed by atoms with E-state index in [0.29, 0.717) is 45.6 Å². The molecule has 23 heavy (non-hydrogen) atoms. The van der Waals surface area contributed by atoms with Crippen molar-refractivity contribution in [2.75, 3.05) is 19.5 Å². The second-order valence-corrected chi connectivity index (χ2v) is 7.09. The molecule has 1 unspecified atom stereocenters. The predicted molar refractivity (Wildman–Crippen MR) is 81.7 cm³/mol. The van der Waals surface area contributed by atoms with Crippen molar-refractivity contribution in [2.45, 2.75) is 23.7 Å². The number of hydrogen-bond acceptors (Lipinski definition) is 6. The van der Waals surface area contributed by atoms with Gasteiger partial charge in [-0.1, -0.05) is 5.16 Å². The molecule has 2 heterocycles. The molecular weight excluding hydrogens is 318 g/mol. The molecule has 7 heteroatoms. The Morgan fingerprint density at radius 2 is 2.17 bits per heavy atom. The highest BCUT2D eigenvalue weighted by atomic mass is 32.2. The van der Waals surface area contributed by atoms with Gasteiger partial charge in [0.2, 0.25) is 0 Å². The Labute approximate surface area is 135 Å². The van der Waals surface area contributed by atoms with E-state index < -0.39 is 10.8 Å². The summed E-state index contributed by atoms with van der Waals surface area (Å²) in [6.07, 6.45) is 3.45. The van der Waals surface area contributed by atoms with Crippen molar-refractivity contribution in [3.05, 3.63) is 35.2 Å². The van der Waals surface area contributed by atoms with Crippen LogP contribution in [0, 0.1) is 0 Å². The van der Waals surface area contributed by atoms with Crippen LogP contribution in [0.3, 0.4) is 0 Å². The van der Waals surface area contributed by atoms with Crippen LogP contribution in [0.2, 0.25) is 0 Å². The first kappa shape index (κ1) is 14.4. The van der Waals surface area contributed by atoms with Crippen LogP contribution >= 0.6 is 0 Å². The van der Waals surface area contributed by atoms with Gasteiger partial charge in [0.15, 0.2) is 23.0 Å². The van der Waals surface area contributed by atoms with E-state index in [-0.39, 0.29) is 11.7 Å². The maximum Gasteiger partial charge on any atom is 0.199 e. The van der Waals surface area contributed by atoms with E-state index in [0.717, 1.165) is 12.8 Å². The third-order valence-corrected chi connectivity index (χ3v) is 5.47. The molecule has 0 N–H and O–H groups in total. The molecule has 0 radical (unpaired) electrons. The average molecular weight is 333 g/mol. The summed E-state index contributed by atoms with van der Waals surface area (Å²) < 4.78 is 28.6. The molecule has 120 valence electrons. The maximum atomic E-state index is 12.9. The monoisotopic (exact) mass is 333 g/mol. The quantitative estimate of drug-likeness (QED) is 0.799. The van der Waals surface area contributed by atoms with Gasteiger partial charge in [-0.3, -0.25) is 9.00 Å². The molecule has 4 rings (SSSR count). The van der Waals surface area contributed by atoms with Crippen molar-refractivity contribution in [1.29, 1.82) is 0 Å². The highest BCUT2D eigenvalue weighted by Crippen LogP contribution is 2.43. The molecule has 0 saturated heterocycles. The lowest BCUT2D eigenvalue weighted by Gasteiger charge is -2.21. The zero-order valence-corrected chi connectivity index (χ0v) is 13.4. The van der Waals surface area contributed by atoms with E-state index in [1.165, 1.54) is 13.3 Å². The predicted octanol–water partition coefficient (Wildman–Crippen LogP) is 2.29. The fourth-order valence-electron chi connectivity index (χ4n) is 2.77. The van der Waals surface area contributed by atoms with Crippen LogP contribution in [0.25, 0.3) is 0 Å². The van der Waals surface area contributed by atoms with E-state index in [4.69, 9.17) is 14.0 Å². The van der Waals surface area contributed by atoms with Crippen LogP contribution in [0.15, 0.2) is 27.7 Å². The second-order valence-electron chi connectivity index (χ2n) is 5.58. The van der Waals surface area contributed by atoms with Crippen molar-refractivity contribution in [3.8, 4) is 11.5 Å². The number of methoxy groups -OCH3 is 1. The minimum Gasteiger partial charge on any atom is -0.493 e. The van der Waals surface area contributed by atoms with E-state index in [2.05, 4.69) is 5.16 Å². The van der Waals surface area contributed by atoms with Crippen molar-refractivity contribution in [2.24, 2.45) is 0 Å². The van der Waals surface area contributed by atoms with Gasteiger partial charge in [0.05, 0.1) is 40.3 Å². The fourth-order valence-corrected chi connectivity index (χ4v) is 3.98. The number of benzene rings is 1. The van der Waals surface area contributed by atoms with Gasteiger partial charge in [-0.25, -0.2) is 0 Å². The molecule has 6 nitrogen and oxygen atoms in total. The standard InChI is InChI=1S/C16H15NO5S/c1-20-12-5-4-10(16-15(12)21-6-7-23(16)19)13(18)11-8-17-22-14(11)9-2-3-9/h4-5,8-9H,2-3,6-7H2,1H3. The van der Waals surface area contributed by atoms with Crippen LogP contribution in [-0.4, -0.2) is 34.6 Å². The maximum absolute atomic E-state index is 12.9. The molecule has 1 aromatic heterocycles. The summed E-state index contributed by atoms with van der Waals surface area (Å²) in [7, 11) is 0.218. The number of ether oxygens (including phenoxy) is 2. The topological polar surface area (TPSA) is 78.6 Å². The lowest BCUT2D eigenvalue weighted by Crippen LogP contribution is -2.20. The molecule has 2 aliphatic rings. The summed E-state index contributed by atoms with van der Waals surface area (Å²) >= 11 is 0. The molecular formula is C16H15NO5S. The van der Waals surface area contributed by atoms with Gasteiger partial charge in [0.1, 0.15) is 6.61 Å². The highest BCUT2D eigenvalue weighted by Gasteiger charge is 2.35. The summed E-state index contributed by atoms with van der Waals surface area (Å²) in [5.41, 5.74) is 0.811. The second kappa shape index (κ2) is 5.49. The number of carbonyl (C=O) groups is 1. The number of nitrogens with zero attached hydrogens (tertiary/aromatic N) is 1. The zero-order chi connectivity index (χ0) is 16.0. The van der Waals surface area contributed by atoms with Crippen molar-refractivity contribution >= 4 is 16.6 Å². The zero-order valence-electron chi connectivity index (χ0n) is 12.5. The van der Waals surface area contributed by atoms with E-state index >= 15 is 0 Å². The Balaban J connectivity index is 1.84. The number of rotatable bonds is 4. The molecule has 1 atom stereocenters. The molecule has 1 fully saturated rings. The van der Waals surface area contributed by atoms with Gasteiger partial charge in [-0.05, 0) is 25.0 Å². The van der Waals surface area contributed by atoms with Gasteiger partial charge in [0.25, 0.3) is 0 Å². The summed E-state index contributed by atoms with van der Waals surface area (Å²) in [5, 5.41) is 3.77. The highest BCUT2D eigenvalue weighted by molar-refractivity contribution is 7.85. The van der Waals surface area contributed by atoms with Crippen molar-refractivity contribution in [1.82, 2.24) is 5.16 Å². The van der Waals surface area contributed by atoms with Gasteiger partial charge in [0, 0.05) is 11.5 Å². The molecule has 1 saturated carbocycles. The lowest BCUT2D eigenvalue weighted by atomic mass is 10.0. The Morgan fingerprint density at radius 1 is 1.35 bits per heavy atom. The van der Waals surface area contributed by atoms with Gasteiger partial charge in [-0.15, -0.1) is 0 Å². The summed E-state index contributed by atoms with van der Waals surface area (Å²) in [6, 6.07) is 3.30. The number of aromatic nitrogens is 1. The normalized spacial score (nSPS) is 19.8. The van der Waals surface area contributed by atoms with E-state index in [1.54, 1.807) is 12.1 Å². The van der Waals surface area contributed by atoms with Gasteiger partial charge in [-0.2, -0.15) is 0 Å². The summed E-state index contributed by atoms with van der Waals surface area (Å²) in [4.78, 5) is 13.4. The Bertz CT molecular complexity index is 809. The fraction of sp³-hybridized carbons (Fsp3) is 0.375. The third kappa shape index (κ3) is 2.35. The molecule has 1 aliphatic carbocycles. The van der Waals surface area contributed by atoms with Crippen LogP contribution < -0.4 is 9.47 Å². The largest absolute Gasteiger partial charge is 0.493 e. The Hall–Kier alpha value is -2.15. The smallest absolute Gasteiger partial charge is 0.199 e. The van der Waals surface area contributed by atoms with Gasteiger partial charge >= 0.3 is 0 Å². The third-order valence-electron chi connectivity index (χ3n) is 4.07. The first-order chi connectivity index (χ1) is 11.2. The number of ketones is 1. The first-order valence-corrected chi connectivity index (χ1v) is 8.74. The summed E-state index contributed by atoms with van der Waals surface area (Å²) in [5.74, 6) is 1.91. The first-order valence-electron chi connectivity index (χ1n) is 7.42. The van der Waals surface area contributed by atoms with Crippen LogP contribution in [0.5, 0.6) is 11.5 Å². The summed E-state index contributed by atoms with van der Waals surface area (Å²) in [6.45, 7) is 0.341. The number of fused-ring (bicyclic) bond motifs is 1. The molecule has 1 aromatic carbocycles. The van der Waals surface area contributed by atoms with Crippen LogP contribution in [-0.2, 0) is 10.8 Å². The van der Waals surface area contributed by atoms with Crippen LogP contribution in [0.1, 0.15) is 40.4 Å². The molecule has 0 spiro atoms. The molecule has 0 amide bonds. The molecule has 2 aromatic rings. The van der Waals surface area contributed by atoms with Crippen LogP contribution in [0.4, 0.5) is 0 Å². The van der Waals surface area contributed by atoms with Crippen molar-refractivity contribution < 1.29 is 23.0 Å². The van der Waals surface area contributed by atoms with Gasteiger partial charge < -0.3 is 14.0 Å². The minimum absolute atomic E-state index is 0.231. The lowest BCUT2D eigenvalue weighted by molar-refractivity contribution is 0.103. The van der Waals surface area contributed by atoms with E-state index in [9.17, 15) is 9.00 Å². The minimum atomic E-state index is -1.30. The Morgan fingerprint density at radius 3 is 2.91 bits per heavy atom. The number of hydrogen-bond donors (Lipinski definition) is 0. The average Bonchev–Trinajstić information content (AvgIpc) is 3.30. The SMILES string of the molecule is COc1ccc(C(=O)c2cnoc2C2CC2)c2c1OCCS2=O. The molecule has 1 aliphatic heterocycles. The number of carbonyl (C=O) groups excluding carboxylic acids is 1.